The van der Waals surface area contributed by atoms with E-state index in [1.54, 1.807) is 23.4 Å². The van der Waals surface area contributed by atoms with Crippen LogP contribution in [0.2, 0.25) is 0 Å². The van der Waals surface area contributed by atoms with Gasteiger partial charge in [0.2, 0.25) is 0 Å². The number of alkyl halides is 3. The summed E-state index contributed by atoms with van der Waals surface area (Å²) >= 11 is 0. The first-order chi connectivity index (χ1) is 14.8. The number of halogens is 4. The molecule has 0 spiro atoms. The molecule has 0 aliphatic carbocycles. The molecule has 1 fully saturated rings. The van der Waals surface area contributed by atoms with E-state index in [1.165, 1.54) is 24.3 Å². The highest BCUT2D eigenvalue weighted by Crippen LogP contribution is 2.32. The molecule has 1 aliphatic heterocycles. The van der Waals surface area contributed by atoms with Crippen LogP contribution in [0.25, 0.3) is 11.1 Å². The van der Waals surface area contributed by atoms with E-state index >= 15 is 0 Å². The SMILES string of the molecule is O=C(c1cc(OC(F)(F)F)cc(-c2cccc(F)c2)c1)N1CCC(c2cccnc2)C1. The molecule has 0 saturated carbocycles. The third-order valence-corrected chi connectivity index (χ3v) is 5.18. The number of benzene rings is 2. The molecule has 0 bridgehead atoms. The molecule has 0 radical (unpaired) electrons. The number of aromatic nitrogens is 1. The average molecular weight is 430 g/mol. The van der Waals surface area contributed by atoms with E-state index in [-0.39, 0.29) is 17.0 Å². The molecular weight excluding hydrogens is 412 g/mol. The molecule has 0 N–H and O–H groups in total. The van der Waals surface area contributed by atoms with Crippen molar-refractivity contribution < 1.29 is 27.1 Å². The minimum absolute atomic E-state index is 0.0489. The Balaban J connectivity index is 1.64. The molecule has 1 aliphatic rings. The maximum atomic E-state index is 13.6. The van der Waals surface area contributed by atoms with Crippen molar-refractivity contribution in [2.24, 2.45) is 0 Å². The summed E-state index contributed by atoms with van der Waals surface area (Å²) in [7, 11) is 0. The summed E-state index contributed by atoms with van der Waals surface area (Å²) in [5, 5.41) is 0. The highest BCUT2D eigenvalue weighted by atomic mass is 19.4. The molecule has 1 unspecified atom stereocenters. The number of carbonyl (C=O) groups is 1. The third kappa shape index (κ3) is 5.02. The van der Waals surface area contributed by atoms with Crippen molar-refractivity contribution in [1.29, 1.82) is 0 Å². The third-order valence-electron chi connectivity index (χ3n) is 5.18. The van der Waals surface area contributed by atoms with Gasteiger partial charge in [-0.1, -0.05) is 18.2 Å². The van der Waals surface area contributed by atoms with Gasteiger partial charge in [-0.25, -0.2) is 4.39 Å². The number of ether oxygens (including phenoxy) is 1. The monoisotopic (exact) mass is 430 g/mol. The quantitative estimate of drug-likeness (QED) is 0.520. The Hall–Kier alpha value is -3.42. The Labute approximate surface area is 176 Å². The van der Waals surface area contributed by atoms with Crippen molar-refractivity contribution in [2.75, 3.05) is 13.1 Å². The standard InChI is InChI=1S/C23H18F4N2O2/c24-20-5-1-3-15(10-20)18-9-19(12-21(11-18)31-23(25,26)27)22(30)29-8-6-17(14-29)16-4-2-7-28-13-16/h1-5,7,9-13,17H,6,8,14H2. The van der Waals surface area contributed by atoms with Gasteiger partial charge in [0.15, 0.2) is 0 Å². The first-order valence-corrected chi connectivity index (χ1v) is 9.64. The predicted octanol–water partition coefficient (Wildman–Crippen LogP) is 5.42. The Morgan fingerprint density at radius 1 is 1.06 bits per heavy atom. The van der Waals surface area contributed by atoms with Crippen LogP contribution in [0.1, 0.15) is 28.3 Å². The summed E-state index contributed by atoms with van der Waals surface area (Å²) in [4.78, 5) is 18.8. The van der Waals surface area contributed by atoms with Gasteiger partial charge in [-0.3, -0.25) is 9.78 Å². The van der Waals surface area contributed by atoms with Crippen LogP contribution in [0.3, 0.4) is 0 Å². The summed E-state index contributed by atoms with van der Waals surface area (Å²) in [6, 6.07) is 12.8. The van der Waals surface area contributed by atoms with Crippen LogP contribution in [-0.2, 0) is 0 Å². The van der Waals surface area contributed by atoms with Gasteiger partial charge in [0, 0.05) is 37.0 Å². The molecule has 1 aromatic heterocycles. The highest BCUT2D eigenvalue weighted by Gasteiger charge is 2.33. The summed E-state index contributed by atoms with van der Waals surface area (Å²) in [5.74, 6) is -1.36. The van der Waals surface area contributed by atoms with Crippen LogP contribution in [0, 0.1) is 5.82 Å². The average Bonchev–Trinajstić information content (AvgIpc) is 3.23. The number of amides is 1. The normalized spacial score (nSPS) is 16.4. The van der Waals surface area contributed by atoms with Crippen LogP contribution in [0.15, 0.2) is 67.0 Å². The van der Waals surface area contributed by atoms with Gasteiger partial charge in [-0.2, -0.15) is 0 Å². The summed E-state index contributed by atoms with van der Waals surface area (Å²) in [6.07, 6.45) is -0.771. The molecule has 160 valence electrons. The zero-order valence-electron chi connectivity index (χ0n) is 16.3. The van der Waals surface area contributed by atoms with E-state index in [9.17, 15) is 22.4 Å². The summed E-state index contributed by atoms with van der Waals surface area (Å²) in [5.41, 5.74) is 1.66. The van der Waals surface area contributed by atoms with Crippen molar-refractivity contribution in [3.63, 3.8) is 0 Å². The number of likely N-dealkylation sites (tertiary alicyclic amines) is 1. The molecule has 1 amide bonds. The second-order valence-electron chi connectivity index (χ2n) is 7.33. The molecule has 1 atom stereocenters. The molecule has 2 aromatic carbocycles. The van der Waals surface area contributed by atoms with Gasteiger partial charge in [-0.05, 0) is 59.5 Å². The zero-order chi connectivity index (χ0) is 22.0. The van der Waals surface area contributed by atoms with Crippen molar-refractivity contribution >= 4 is 5.91 Å². The lowest BCUT2D eigenvalue weighted by Gasteiger charge is -2.19. The van der Waals surface area contributed by atoms with Gasteiger partial charge >= 0.3 is 6.36 Å². The Morgan fingerprint density at radius 2 is 1.90 bits per heavy atom. The van der Waals surface area contributed by atoms with Crippen LogP contribution >= 0.6 is 0 Å². The van der Waals surface area contributed by atoms with Crippen LogP contribution in [-0.4, -0.2) is 35.2 Å². The first-order valence-electron chi connectivity index (χ1n) is 9.64. The molecule has 4 rings (SSSR count). The number of rotatable bonds is 4. The van der Waals surface area contributed by atoms with Gasteiger partial charge in [0.25, 0.3) is 5.91 Å². The molecular formula is C23H18F4N2O2. The van der Waals surface area contributed by atoms with E-state index in [0.29, 0.717) is 18.7 Å². The van der Waals surface area contributed by atoms with E-state index in [2.05, 4.69) is 9.72 Å². The fourth-order valence-electron chi connectivity index (χ4n) is 3.77. The smallest absolute Gasteiger partial charge is 0.406 e. The van der Waals surface area contributed by atoms with Crippen LogP contribution in [0.5, 0.6) is 5.75 Å². The van der Waals surface area contributed by atoms with Crippen molar-refractivity contribution in [3.05, 3.63) is 83.9 Å². The maximum Gasteiger partial charge on any atom is 0.573 e. The molecule has 31 heavy (non-hydrogen) atoms. The Morgan fingerprint density at radius 3 is 2.61 bits per heavy atom. The van der Waals surface area contributed by atoms with Crippen molar-refractivity contribution in [2.45, 2.75) is 18.7 Å². The van der Waals surface area contributed by atoms with Gasteiger partial charge < -0.3 is 9.64 Å². The van der Waals surface area contributed by atoms with E-state index in [0.717, 1.165) is 24.1 Å². The van der Waals surface area contributed by atoms with Crippen molar-refractivity contribution in [1.82, 2.24) is 9.88 Å². The molecule has 1 saturated heterocycles. The van der Waals surface area contributed by atoms with E-state index in [1.807, 2.05) is 12.1 Å². The number of hydrogen-bond acceptors (Lipinski definition) is 3. The van der Waals surface area contributed by atoms with Crippen LogP contribution in [0.4, 0.5) is 17.6 Å². The highest BCUT2D eigenvalue weighted by molar-refractivity contribution is 5.96. The minimum Gasteiger partial charge on any atom is -0.406 e. The zero-order valence-corrected chi connectivity index (χ0v) is 16.3. The van der Waals surface area contributed by atoms with Gasteiger partial charge in [0.05, 0.1) is 0 Å². The lowest BCUT2D eigenvalue weighted by Crippen LogP contribution is -2.28. The predicted molar refractivity (Wildman–Crippen MR) is 106 cm³/mol. The van der Waals surface area contributed by atoms with Gasteiger partial charge in [-0.15, -0.1) is 13.2 Å². The topological polar surface area (TPSA) is 42.4 Å². The maximum absolute atomic E-state index is 13.6. The Kier molecular flexibility index (Phi) is 5.63. The van der Waals surface area contributed by atoms with Crippen molar-refractivity contribution in [3.8, 4) is 16.9 Å². The van der Waals surface area contributed by atoms with Crippen LogP contribution < -0.4 is 4.74 Å². The largest absolute Gasteiger partial charge is 0.573 e. The summed E-state index contributed by atoms with van der Waals surface area (Å²) < 4.78 is 56.2. The molecule has 8 heteroatoms. The lowest BCUT2D eigenvalue weighted by atomic mass is 10.0. The first kappa shape index (κ1) is 20.8. The second kappa shape index (κ2) is 8.37. The fourth-order valence-corrected chi connectivity index (χ4v) is 3.77. The molecule has 4 nitrogen and oxygen atoms in total. The van der Waals surface area contributed by atoms with E-state index < -0.39 is 23.8 Å². The second-order valence-corrected chi connectivity index (χ2v) is 7.33. The minimum atomic E-state index is -4.92. The molecule has 3 aromatic rings. The number of hydrogen-bond donors (Lipinski definition) is 0. The van der Waals surface area contributed by atoms with E-state index in [4.69, 9.17) is 0 Å². The lowest BCUT2D eigenvalue weighted by molar-refractivity contribution is -0.274. The fraction of sp³-hybridized carbons (Fsp3) is 0.217. The number of carbonyl (C=O) groups excluding carboxylic acids is 1. The van der Waals surface area contributed by atoms with Gasteiger partial charge in [0.1, 0.15) is 11.6 Å². The number of pyridine rings is 1. The Bertz CT molecular complexity index is 1090. The molecule has 2 heterocycles. The summed E-state index contributed by atoms with van der Waals surface area (Å²) in [6.45, 7) is 0.905. The number of nitrogens with zero attached hydrogens (tertiary/aromatic N) is 2.